The Morgan fingerprint density at radius 2 is 1.84 bits per heavy atom. The molecule has 3 amide bonds. The van der Waals surface area contributed by atoms with Crippen LogP contribution in [0.1, 0.15) is 41.7 Å². The van der Waals surface area contributed by atoms with Gasteiger partial charge in [-0.15, -0.1) is 0 Å². The van der Waals surface area contributed by atoms with Gasteiger partial charge in [-0.3, -0.25) is 19.5 Å². The molecule has 1 N–H and O–H groups in total. The Balaban J connectivity index is 1.53. The number of Topliss-reactive ketones (excluding diaryl/α,β-unsaturated/α-hetero) is 1. The predicted octanol–water partition coefficient (Wildman–Crippen LogP) is 2.84. The first-order chi connectivity index (χ1) is 15.2. The number of imide groups is 1. The first-order valence-electron chi connectivity index (χ1n) is 9.72. The van der Waals surface area contributed by atoms with Crippen LogP contribution in [0.5, 0.6) is 0 Å². The average Bonchev–Trinajstić information content (AvgIpc) is 3.00. The lowest BCUT2D eigenvalue weighted by Crippen LogP contribution is -2.51. The molecule has 1 saturated heterocycles. The van der Waals surface area contributed by atoms with Gasteiger partial charge in [-0.1, -0.05) is 6.07 Å². The Hall–Kier alpha value is -3.81. The van der Waals surface area contributed by atoms with Gasteiger partial charge in [0.05, 0.1) is 12.1 Å². The largest absolute Gasteiger partial charge is 0.325 e. The molecule has 4 rings (SSSR count). The number of nitrogens with zero attached hydrogens (tertiary/aromatic N) is 4. The van der Waals surface area contributed by atoms with E-state index in [0.29, 0.717) is 4.90 Å². The normalized spacial score (nSPS) is 19.0. The lowest BCUT2D eigenvalue weighted by Gasteiger charge is -2.34. The lowest BCUT2D eigenvalue weighted by molar-refractivity contribution is -0.135. The molecule has 164 valence electrons. The molecule has 2 heterocycles. The molecule has 2 aromatic rings. The Morgan fingerprint density at radius 3 is 2.50 bits per heavy atom. The molecule has 1 saturated carbocycles. The summed E-state index contributed by atoms with van der Waals surface area (Å²) in [6, 6.07) is 4.52. The minimum atomic E-state index is -2.90. The number of urea groups is 1. The van der Waals surface area contributed by atoms with E-state index >= 15 is 0 Å². The van der Waals surface area contributed by atoms with Crippen molar-refractivity contribution in [2.45, 2.75) is 37.1 Å². The molecule has 2 aliphatic rings. The minimum Gasteiger partial charge on any atom is -0.323 e. The zero-order valence-corrected chi connectivity index (χ0v) is 16.6. The monoisotopic (exact) mass is 443 g/mol. The predicted molar refractivity (Wildman–Crippen MR) is 103 cm³/mol. The molecule has 1 aliphatic heterocycles. The quantitative estimate of drug-likeness (QED) is 0.574. The van der Waals surface area contributed by atoms with E-state index in [1.807, 2.05) is 6.07 Å². The van der Waals surface area contributed by atoms with Crippen molar-refractivity contribution < 1.29 is 27.6 Å². The second kappa shape index (κ2) is 7.71. The summed E-state index contributed by atoms with van der Waals surface area (Å²) in [5.41, 5.74) is -1.48. The van der Waals surface area contributed by atoms with Gasteiger partial charge in [0.15, 0.2) is 11.5 Å². The number of halogens is 3. The van der Waals surface area contributed by atoms with Crippen LogP contribution in [0.4, 0.5) is 18.0 Å². The zero-order chi connectivity index (χ0) is 23.1. The summed E-state index contributed by atoms with van der Waals surface area (Å²) in [5.74, 6) is -5.43. The molecule has 32 heavy (non-hydrogen) atoms. The van der Waals surface area contributed by atoms with Crippen molar-refractivity contribution in [3.05, 3.63) is 47.7 Å². The van der Waals surface area contributed by atoms with E-state index in [1.54, 1.807) is 0 Å². The van der Waals surface area contributed by atoms with Gasteiger partial charge in [0, 0.05) is 30.8 Å². The number of carbonyl (C=O) groups is 3. The lowest BCUT2D eigenvalue weighted by atomic mass is 9.80. The third-order valence-corrected chi connectivity index (χ3v) is 5.73. The highest BCUT2D eigenvalue weighted by Crippen LogP contribution is 2.41. The van der Waals surface area contributed by atoms with Gasteiger partial charge >= 0.3 is 6.03 Å². The van der Waals surface area contributed by atoms with Crippen LogP contribution in [0, 0.1) is 17.1 Å². The summed E-state index contributed by atoms with van der Waals surface area (Å²) in [6.45, 7) is -0.729. The van der Waals surface area contributed by atoms with Crippen molar-refractivity contribution in [2.75, 3.05) is 6.54 Å². The van der Waals surface area contributed by atoms with Gasteiger partial charge in [0.2, 0.25) is 5.92 Å². The number of ketones is 1. The zero-order valence-electron chi connectivity index (χ0n) is 16.6. The fourth-order valence-electron chi connectivity index (χ4n) is 3.95. The van der Waals surface area contributed by atoms with Crippen molar-refractivity contribution in [1.29, 1.82) is 5.26 Å². The highest BCUT2D eigenvalue weighted by atomic mass is 19.3. The van der Waals surface area contributed by atoms with Gasteiger partial charge in [-0.2, -0.15) is 5.26 Å². The van der Waals surface area contributed by atoms with Gasteiger partial charge in [0.25, 0.3) is 5.91 Å². The summed E-state index contributed by atoms with van der Waals surface area (Å²) in [4.78, 5) is 46.2. The van der Waals surface area contributed by atoms with E-state index in [0.717, 1.165) is 12.1 Å². The number of hydrogen-bond acceptors (Lipinski definition) is 6. The molecular weight excluding hydrogens is 427 g/mol. The molecule has 2 fully saturated rings. The number of alkyl halides is 2. The van der Waals surface area contributed by atoms with E-state index in [-0.39, 0.29) is 35.4 Å². The maximum atomic E-state index is 14.7. The summed E-state index contributed by atoms with van der Waals surface area (Å²) >= 11 is 0. The summed E-state index contributed by atoms with van der Waals surface area (Å²) in [7, 11) is 0. The van der Waals surface area contributed by atoms with E-state index in [2.05, 4.69) is 15.3 Å². The topological polar surface area (TPSA) is 116 Å². The van der Waals surface area contributed by atoms with Gasteiger partial charge < -0.3 is 5.32 Å². The summed E-state index contributed by atoms with van der Waals surface area (Å²) in [6.07, 6.45) is 1.07. The number of amides is 3. The number of rotatable bonds is 4. The molecule has 0 atom stereocenters. The Morgan fingerprint density at radius 1 is 1.16 bits per heavy atom. The Kier molecular flexibility index (Phi) is 5.16. The molecule has 11 heteroatoms. The summed E-state index contributed by atoms with van der Waals surface area (Å²) in [5, 5.41) is 11.6. The maximum absolute atomic E-state index is 14.7. The highest BCUT2D eigenvalue weighted by molar-refractivity contribution is 6.11. The standard InChI is InChI=1S/C21H16F3N5O3/c22-14-9-12(17-15(10-25)26-7-8-27-17)1-2-13(14)16(30)11-29-18(31)20(28-19(29)32)3-5-21(23,24)6-4-20/h1-2,7-9H,3-6,11H2,(H,28,32). The average molecular weight is 443 g/mol. The van der Waals surface area contributed by atoms with E-state index in [1.165, 1.54) is 18.5 Å². The van der Waals surface area contributed by atoms with E-state index in [9.17, 15) is 27.6 Å². The smallest absolute Gasteiger partial charge is 0.323 e. The van der Waals surface area contributed by atoms with Crippen LogP contribution >= 0.6 is 0 Å². The van der Waals surface area contributed by atoms with Crippen LogP contribution in [-0.4, -0.2) is 50.6 Å². The number of aromatic nitrogens is 2. The second-order valence-electron chi connectivity index (χ2n) is 7.74. The number of nitrogens with one attached hydrogen (secondary N) is 1. The van der Waals surface area contributed by atoms with Crippen LogP contribution in [-0.2, 0) is 4.79 Å². The maximum Gasteiger partial charge on any atom is 0.325 e. The first-order valence-corrected chi connectivity index (χ1v) is 9.72. The highest BCUT2D eigenvalue weighted by Gasteiger charge is 2.55. The van der Waals surface area contributed by atoms with Gasteiger partial charge in [-0.25, -0.2) is 22.9 Å². The number of carbonyl (C=O) groups excluding carboxylic acids is 3. The molecule has 1 aromatic heterocycles. The Bertz CT molecular complexity index is 1170. The molecule has 8 nitrogen and oxygen atoms in total. The van der Waals surface area contributed by atoms with Crippen LogP contribution in [0.2, 0.25) is 0 Å². The molecule has 0 radical (unpaired) electrons. The summed E-state index contributed by atoms with van der Waals surface area (Å²) < 4.78 is 41.6. The molecule has 1 aliphatic carbocycles. The van der Waals surface area contributed by atoms with Crippen molar-refractivity contribution >= 4 is 17.7 Å². The van der Waals surface area contributed by atoms with Crippen LogP contribution in [0.15, 0.2) is 30.6 Å². The number of benzene rings is 1. The van der Waals surface area contributed by atoms with Gasteiger partial charge in [-0.05, 0) is 25.0 Å². The SMILES string of the molecule is N#Cc1nccnc1-c1ccc(C(=O)CN2C(=O)NC3(CCC(F)(F)CC3)C2=O)c(F)c1. The third kappa shape index (κ3) is 3.68. The van der Waals surface area contributed by atoms with Gasteiger partial charge in [0.1, 0.15) is 23.1 Å². The minimum absolute atomic E-state index is 0.0198. The second-order valence-corrected chi connectivity index (χ2v) is 7.74. The third-order valence-electron chi connectivity index (χ3n) is 5.73. The molecule has 0 bridgehead atoms. The van der Waals surface area contributed by atoms with Crippen LogP contribution in [0.25, 0.3) is 11.3 Å². The molecular formula is C21H16F3N5O3. The van der Waals surface area contributed by atoms with Crippen molar-refractivity contribution in [2.24, 2.45) is 0 Å². The number of hydrogen-bond donors (Lipinski definition) is 1. The van der Waals surface area contributed by atoms with Crippen LogP contribution in [0.3, 0.4) is 0 Å². The van der Waals surface area contributed by atoms with E-state index < -0.39 is 54.4 Å². The first kappa shape index (κ1) is 21.4. The Labute approximate surface area is 180 Å². The van der Waals surface area contributed by atoms with Crippen molar-refractivity contribution in [1.82, 2.24) is 20.2 Å². The van der Waals surface area contributed by atoms with E-state index in [4.69, 9.17) is 5.26 Å². The fraction of sp³-hybridized carbons (Fsp3) is 0.333. The van der Waals surface area contributed by atoms with Crippen molar-refractivity contribution in [3.63, 3.8) is 0 Å². The fourth-order valence-corrected chi connectivity index (χ4v) is 3.95. The molecule has 1 spiro atoms. The molecule has 0 unspecified atom stereocenters. The van der Waals surface area contributed by atoms with Crippen LogP contribution < -0.4 is 5.32 Å². The molecule has 1 aromatic carbocycles. The number of nitriles is 1. The van der Waals surface area contributed by atoms with Crippen molar-refractivity contribution in [3.8, 4) is 17.3 Å².